The molecule has 0 aliphatic heterocycles. The summed E-state index contributed by atoms with van der Waals surface area (Å²) in [6.45, 7) is 0. The third-order valence-electron chi connectivity index (χ3n) is 4.72. The maximum atomic E-state index is 12.1. The lowest BCUT2D eigenvalue weighted by Crippen LogP contribution is -2.06. The number of hydrogen-bond donors (Lipinski definition) is 1. The predicted octanol–water partition coefficient (Wildman–Crippen LogP) is 7.18. The van der Waals surface area contributed by atoms with E-state index in [0.29, 0.717) is 0 Å². The molecule has 144 valence electrons. The quantitative estimate of drug-likeness (QED) is 0.347. The van der Waals surface area contributed by atoms with Crippen LogP contribution in [0.3, 0.4) is 0 Å². The summed E-state index contributed by atoms with van der Waals surface area (Å²) in [5.74, 6) is 0. The topological polar surface area (TPSA) is 47.6 Å². The summed E-state index contributed by atoms with van der Waals surface area (Å²) in [6, 6.07) is 39.2. The van der Waals surface area contributed by atoms with Gasteiger partial charge >= 0.3 is 0 Å². The normalized spacial score (nSPS) is 11.7. The van der Waals surface area contributed by atoms with Crippen molar-refractivity contribution in [3.63, 3.8) is 0 Å². The molecule has 4 rings (SSSR count). The fraction of sp³-hybridized carbons (Fsp3) is 0. The zero-order valence-electron chi connectivity index (χ0n) is 15.9. The summed E-state index contributed by atoms with van der Waals surface area (Å²) in [5.41, 5.74) is 0. The lowest BCUT2D eigenvalue weighted by Gasteiger charge is -2.23. The molecule has 0 saturated heterocycles. The molecule has 0 saturated carbocycles. The van der Waals surface area contributed by atoms with Crippen LogP contribution < -0.4 is 0 Å². The molecular formula is C25H22N2S2. The van der Waals surface area contributed by atoms with Crippen LogP contribution in [0, 0.1) is 9.39 Å². The molecule has 0 unspecified atom stereocenters. The molecular weight excluding hydrogens is 392 g/mol. The molecule has 0 bridgehead atoms. The van der Waals surface area contributed by atoms with Crippen LogP contribution in [-0.4, -0.2) is 4.70 Å². The van der Waals surface area contributed by atoms with Crippen molar-refractivity contribution in [2.75, 3.05) is 0 Å². The zero-order chi connectivity index (χ0) is 20.2. The summed E-state index contributed by atoms with van der Waals surface area (Å²) in [6.07, 6.45) is 0. The lowest BCUT2D eigenvalue weighted by atomic mass is 10.4. The van der Waals surface area contributed by atoms with Gasteiger partial charge in [-0.3, -0.25) is 4.78 Å². The van der Waals surface area contributed by atoms with Crippen molar-refractivity contribution in [2.45, 2.75) is 19.6 Å². The number of nitrogens with zero attached hydrogens (tertiary/aromatic N) is 1. The van der Waals surface area contributed by atoms with Crippen LogP contribution in [0.4, 0.5) is 0 Å². The van der Waals surface area contributed by atoms with E-state index in [-0.39, 0.29) is 0 Å². The maximum Gasteiger partial charge on any atom is 0.0371 e. The van der Waals surface area contributed by atoms with Crippen molar-refractivity contribution in [1.29, 1.82) is 9.39 Å². The average molecular weight is 415 g/mol. The molecule has 0 atom stereocenters. The molecule has 0 amide bonds. The fourth-order valence-electron chi connectivity index (χ4n) is 3.23. The first-order valence-electron chi connectivity index (χ1n) is 9.32. The third-order valence-corrected chi connectivity index (χ3v) is 11.0. The standard InChI is InChI=1S/C25H22N2S2/c26-28(22-13-5-1-6-14-22,23-15-7-2-8-16-23)21-29(27,24-17-9-3-10-18-24)25-19-11-4-12-20-25/h1-21,26H. The number of nitrogens with one attached hydrogen (secondary N) is 1. The summed E-state index contributed by atoms with van der Waals surface area (Å²) < 4.78 is 23.7. The summed E-state index contributed by atoms with van der Waals surface area (Å²) in [4.78, 5) is 3.48. The van der Waals surface area contributed by atoms with Crippen LogP contribution in [0.1, 0.15) is 0 Å². The van der Waals surface area contributed by atoms with Gasteiger partial charge in [0.05, 0.1) is 0 Å². The first kappa shape index (κ1) is 19.3. The number of benzene rings is 4. The Balaban J connectivity index is 2.09. The van der Waals surface area contributed by atoms with E-state index < -0.39 is 19.1 Å². The van der Waals surface area contributed by atoms with Gasteiger partial charge in [0.1, 0.15) is 0 Å². The Labute approximate surface area is 173 Å². The van der Waals surface area contributed by atoms with Gasteiger partial charge in [-0.1, -0.05) is 82.2 Å². The molecule has 0 aliphatic carbocycles. The molecule has 0 spiro atoms. The number of hydrogen-bond acceptors (Lipinski definition) is 2. The molecule has 0 aliphatic rings. The van der Waals surface area contributed by atoms with Crippen molar-refractivity contribution in [3.8, 4) is 0 Å². The van der Waals surface area contributed by atoms with Crippen LogP contribution >= 0.6 is 9.66 Å². The Bertz CT molecular complexity index is 1220. The van der Waals surface area contributed by atoms with E-state index in [2.05, 4.69) is 0 Å². The molecule has 29 heavy (non-hydrogen) atoms. The third kappa shape index (κ3) is 3.79. The summed E-state index contributed by atoms with van der Waals surface area (Å²) >= 11 is 0. The molecule has 0 radical (unpaired) electrons. The Kier molecular flexibility index (Phi) is 5.41. The molecule has 0 fully saturated rings. The minimum absolute atomic E-state index is 0.835. The van der Waals surface area contributed by atoms with Gasteiger partial charge in [0, 0.05) is 33.9 Å². The van der Waals surface area contributed by atoms with Gasteiger partial charge < -0.3 is 0 Å². The largest absolute Gasteiger partial charge is 0.277 e. The summed E-state index contributed by atoms with van der Waals surface area (Å²) in [5, 5.41) is 0. The van der Waals surface area contributed by atoms with E-state index in [1.807, 2.05) is 126 Å². The van der Waals surface area contributed by atoms with Crippen LogP contribution in [0.15, 0.2) is 141 Å². The van der Waals surface area contributed by atoms with Gasteiger partial charge in [-0.15, -0.1) is 0 Å². The lowest BCUT2D eigenvalue weighted by molar-refractivity contribution is 1.35. The van der Waals surface area contributed by atoms with Gasteiger partial charge in [0.15, 0.2) is 0 Å². The van der Waals surface area contributed by atoms with Gasteiger partial charge in [-0.2, -0.15) is 0 Å². The minimum Gasteiger partial charge on any atom is -0.277 e. The Morgan fingerprint density at radius 3 is 1.07 bits per heavy atom. The van der Waals surface area contributed by atoms with Gasteiger partial charge in [0.25, 0.3) is 0 Å². The van der Waals surface area contributed by atoms with E-state index in [4.69, 9.17) is 0 Å². The van der Waals surface area contributed by atoms with Crippen LogP contribution in [0.5, 0.6) is 0 Å². The highest BCUT2D eigenvalue weighted by Crippen LogP contribution is 2.49. The highest BCUT2D eigenvalue weighted by molar-refractivity contribution is 8.40. The molecule has 4 aromatic carbocycles. The Morgan fingerprint density at radius 2 is 0.759 bits per heavy atom. The Morgan fingerprint density at radius 1 is 0.483 bits per heavy atom. The van der Waals surface area contributed by atoms with Gasteiger partial charge in [0.2, 0.25) is 0 Å². The van der Waals surface area contributed by atoms with Crippen molar-refractivity contribution in [2.24, 2.45) is 0 Å². The molecule has 4 heteroatoms. The maximum absolute atomic E-state index is 12.1. The van der Waals surface area contributed by atoms with Crippen molar-refractivity contribution in [3.05, 3.63) is 121 Å². The van der Waals surface area contributed by atoms with Crippen molar-refractivity contribution in [1.82, 2.24) is 0 Å². The molecule has 4 aromatic rings. The minimum atomic E-state index is -2.53. The second-order valence-corrected chi connectivity index (χ2v) is 11.9. The van der Waals surface area contributed by atoms with E-state index in [1.54, 1.807) is 0 Å². The highest BCUT2D eigenvalue weighted by Gasteiger charge is 2.22. The predicted molar refractivity (Wildman–Crippen MR) is 124 cm³/mol. The second-order valence-electron chi connectivity index (χ2n) is 6.63. The van der Waals surface area contributed by atoms with Crippen LogP contribution in [0.2, 0.25) is 0 Å². The second kappa shape index (κ2) is 8.14. The molecule has 0 heterocycles. The fourth-order valence-corrected chi connectivity index (χ4v) is 9.54. The highest BCUT2D eigenvalue weighted by atomic mass is 32.3. The molecule has 2 nitrogen and oxygen atoms in total. The van der Waals surface area contributed by atoms with E-state index in [9.17, 15) is 9.39 Å². The van der Waals surface area contributed by atoms with Crippen LogP contribution in [0.25, 0.3) is 0 Å². The van der Waals surface area contributed by atoms with Crippen molar-refractivity contribution >= 4 is 23.8 Å². The smallest absolute Gasteiger partial charge is 0.0371 e. The first-order valence-corrected chi connectivity index (χ1v) is 12.7. The Hall–Kier alpha value is -3.04. The van der Waals surface area contributed by atoms with E-state index in [0.717, 1.165) is 19.6 Å². The van der Waals surface area contributed by atoms with Gasteiger partial charge in [-0.25, -0.2) is 4.61 Å². The average Bonchev–Trinajstić information content (AvgIpc) is 2.81. The zero-order valence-corrected chi connectivity index (χ0v) is 17.5. The van der Waals surface area contributed by atoms with Crippen LogP contribution in [-0.2, 0) is 9.41 Å². The summed E-state index contributed by atoms with van der Waals surface area (Å²) in [7, 11) is -4.86. The monoisotopic (exact) mass is 414 g/mol. The van der Waals surface area contributed by atoms with Crippen molar-refractivity contribution < 1.29 is 0 Å². The SMILES string of the molecule is N#S(C=S(=N)(c1ccccc1)c1ccccc1)(c1ccccc1)c1ccccc1. The van der Waals surface area contributed by atoms with Gasteiger partial charge in [-0.05, 0) is 48.5 Å². The molecule has 1 N–H and O–H groups in total. The first-order chi connectivity index (χ1) is 14.1. The molecule has 0 aromatic heterocycles. The van der Waals surface area contributed by atoms with E-state index in [1.165, 1.54) is 0 Å². The number of rotatable bonds is 2. The van der Waals surface area contributed by atoms with E-state index >= 15 is 0 Å².